The molecule has 2 atom stereocenters. The van der Waals surface area contributed by atoms with Crippen molar-refractivity contribution in [2.45, 2.75) is 45.3 Å². The van der Waals surface area contributed by atoms with E-state index in [1.54, 1.807) is 6.20 Å². The van der Waals surface area contributed by atoms with Gasteiger partial charge >= 0.3 is 0 Å². The minimum atomic E-state index is 0.116. The number of fused-ring (bicyclic) bond motifs is 1. The molecular formula is C19H23N3O2. The minimum absolute atomic E-state index is 0.116. The molecule has 2 aromatic heterocycles. The average molecular weight is 325 g/mol. The third-order valence-corrected chi connectivity index (χ3v) is 5.27. The van der Waals surface area contributed by atoms with Crippen LogP contribution >= 0.6 is 0 Å². The van der Waals surface area contributed by atoms with E-state index in [0.717, 1.165) is 49.7 Å². The lowest BCUT2D eigenvalue weighted by Crippen LogP contribution is -2.39. The molecule has 2 aliphatic heterocycles. The van der Waals surface area contributed by atoms with Crippen molar-refractivity contribution in [3.05, 3.63) is 53.2 Å². The molecular weight excluding hydrogens is 302 g/mol. The van der Waals surface area contributed by atoms with Crippen molar-refractivity contribution in [2.75, 3.05) is 13.1 Å². The Hall–Kier alpha value is -2.14. The van der Waals surface area contributed by atoms with Crippen LogP contribution in [0.5, 0.6) is 0 Å². The van der Waals surface area contributed by atoms with E-state index in [1.807, 2.05) is 36.9 Å². The molecule has 24 heavy (non-hydrogen) atoms. The van der Waals surface area contributed by atoms with Gasteiger partial charge in [0.15, 0.2) is 0 Å². The molecule has 2 aliphatic rings. The Kier molecular flexibility index (Phi) is 3.88. The van der Waals surface area contributed by atoms with Gasteiger partial charge in [0.05, 0.1) is 12.1 Å². The first-order chi connectivity index (χ1) is 11.6. The third kappa shape index (κ3) is 2.73. The van der Waals surface area contributed by atoms with E-state index in [4.69, 9.17) is 4.42 Å². The van der Waals surface area contributed by atoms with Crippen LogP contribution in [-0.2, 0) is 6.54 Å². The van der Waals surface area contributed by atoms with Crippen LogP contribution in [0, 0.1) is 13.8 Å². The topological polar surface area (TPSA) is 49.6 Å². The number of pyridine rings is 1. The number of likely N-dealkylation sites (tertiary alicyclic amines) is 2. The minimum Gasteiger partial charge on any atom is -0.465 e. The Labute approximate surface area is 142 Å². The molecule has 2 fully saturated rings. The SMILES string of the molecule is Cc1ccc(C(=O)N2CC[C@H]3[C@H]2CCN3Cc2ccc(C)o2)cn1. The van der Waals surface area contributed by atoms with Crippen molar-refractivity contribution >= 4 is 5.91 Å². The zero-order chi connectivity index (χ0) is 16.7. The monoisotopic (exact) mass is 325 g/mol. The molecule has 0 bridgehead atoms. The fraction of sp³-hybridized carbons (Fsp3) is 0.474. The van der Waals surface area contributed by atoms with Gasteiger partial charge in [0.2, 0.25) is 0 Å². The molecule has 0 unspecified atom stereocenters. The second-order valence-electron chi connectivity index (χ2n) is 6.88. The lowest BCUT2D eigenvalue weighted by molar-refractivity contribution is 0.0731. The highest BCUT2D eigenvalue weighted by Gasteiger charge is 2.44. The zero-order valence-electron chi connectivity index (χ0n) is 14.2. The average Bonchev–Trinajstić information content (AvgIpc) is 3.26. The lowest BCUT2D eigenvalue weighted by atomic mass is 10.1. The second kappa shape index (κ2) is 6.06. The van der Waals surface area contributed by atoms with Crippen LogP contribution in [0.1, 0.15) is 40.4 Å². The summed E-state index contributed by atoms with van der Waals surface area (Å²) in [7, 11) is 0. The normalized spacial score (nSPS) is 23.7. The first-order valence-electron chi connectivity index (χ1n) is 8.65. The molecule has 0 N–H and O–H groups in total. The molecule has 4 heterocycles. The van der Waals surface area contributed by atoms with Crippen molar-refractivity contribution in [3.63, 3.8) is 0 Å². The summed E-state index contributed by atoms with van der Waals surface area (Å²) in [6.07, 6.45) is 3.77. The van der Waals surface area contributed by atoms with E-state index >= 15 is 0 Å². The highest BCUT2D eigenvalue weighted by atomic mass is 16.3. The van der Waals surface area contributed by atoms with Gasteiger partial charge in [-0.2, -0.15) is 0 Å². The molecule has 0 radical (unpaired) electrons. The fourth-order valence-corrected chi connectivity index (χ4v) is 4.05. The maximum Gasteiger partial charge on any atom is 0.255 e. The summed E-state index contributed by atoms with van der Waals surface area (Å²) < 4.78 is 5.72. The maximum atomic E-state index is 12.8. The summed E-state index contributed by atoms with van der Waals surface area (Å²) in [5.41, 5.74) is 1.63. The molecule has 4 rings (SSSR count). The molecule has 0 saturated carbocycles. The van der Waals surface area contributed by atoms with Crippen LogP contribution in [0.15, 0.2) is 34.9 Å². The molecule has 0 aliphatic carbocycles. The van der Waals surface area contributed by atoms with E-state index in [0.29, 0.717) is 17.6 Å². The van der Waals surface area contributed by atoms with Gasteiger partial charge in [0.25, 0.3) is 5.91 Å². The number of hydrogen-bond acceptors (Lipinski definition) is 4. The number of rotatable bonds is 3. The van der Waals surface area contributed by atoms with E-state index in [-0.39, 0.29) is 5.91 Å². The Balaban J connectivity index is 1.46. The number of aryl methyl sites for hydroxylation is 2. The molecule has 2 aromatic rings. The Morgan fingerprint density at radius 2 is 2.00 bits per heavy atom. The van der Waals surface area contributed by atoms with E-state index < -0.39 is 0 Å². The molecule has 0 aromatic carbocycles. The molecule has 5 heteroatoms. The summed E-state index contributed by atoms with van der Waals surface area (Å²) in [6.45, 7) is 6.59. The highest BCUT2D eigenvalue weighted by Crippen LogP contribution is 2.33. The van der Waals surface area contributed by atoms with Crippen LogP contribution in [0.3, 0.4) is 0 Å². The first-order valence-corrected chi connectivity index (χ1v) is 8.65. The van der Waals surface area contributed by atoms with Crippen LogP contribution in [-0.4, -0.2) is 45.9 Å². The van der Waals surface area contributed by atoms with Gasteiger partial charge in [-0.3, -0.25) is 14.7 Å². The van der Waals surface area contributed by atoms with Gasteiger partial charge < -0.3 is 9.32 Å². The largest absolute Gasteiger partial charge is 0.465 e. The zero-order valence-corrected chi connectivity index (χ0v) is 14.2. The third-order valence-electron chi connectivity index (χ3n) is 5.27. The van der Waals surface area contributed by atoms with Gasteiger partial charge in [-0.15, -0.1) is 0 Å². The summed E-state index contributed by atoms with van der Waals surface area (Å²) in [4.78, 5) is 21.6. The number of carbonyl (C=O) groups excluding carboxylic acids is 1. The highest BCUT2D eigenvalue weighted by molar-refractivity contribution is 5.94. The van der Waals surface area contributed by atoms with E-state index in [1.165, 1.54) is 0 Å². The predicted octanol–water partition coefficient (Wildman–Crippen LogP) is 2.78. The number of nitrogens with zero attached hydrogens (tertiary/aromatic N) is 3. The molecule has 2 saturated heterocycles. The second-order valence-corrected chi connectivity index (χ2v) is 6.88. The number of carbonyl (C=O) groups is 1. The van der Waals surface area contributed by atoms with Gasteiger partial charge in [-0.1, -0.05) is 0 Å². The van der Waals surface area contributed by atoms with Gasteiger partial charge in [0.1, 0.15) is 11.5 Å². The lowest BCUT2D eigenvalue weighted by Gasteiger charge is -2.25. The molecule has 126 valence electrons. The van der Waals surface area contributed by atoms with Crippen molar-refractivity contribution in [1.82, 2.24) is 14.8 Å². The first kappa shape index (κ1) is 15.4. The van der Waals surface area contributed by atoms with E-state index in [9.17, 15) is 4.79 Å². The fourth-order valence-electron chi connectivity index (χ4n) is 4.05. The van der Waals surface area contributed by atoms with Gasteiger partial charge in [-0.25, -0.2) is 0 Å². The summed E-state index contributed by atoms with van der Waals surface area (Å²) in [5, 5.41) is 0. The van der Waals surface area contributed by atoms with Crippen LogP contribution in [0.25, 0.3) is 0 Å². The molecule has 1 amide bonds. The quantitative estimate of drug-likeness (QED) is 0.871. The van der Waals surface area contributed by atoms with Crippen LogP contribution in [0.4, 0.5) is 0 Å². The Bertz CT molecular complexity index is 737. The molecule has 5 nitrogen and oxygen atoms in total. The Morgan fingerprint density at radius 3 is 2.71 bits per heavy atom. The smallest absolute Gasteiger partial charge is 0.255 e. The number of hydrogen-bond donors (Lipinski definition) is 0. The van der Waals surface area contributed by atoms with Gasteiger partial charge in [0, 0.05) is 37.1 Å². The van der Waals surface area contributed by atoms with Crippen molar-refractivity contribution < 1.29 is 9.21 Å². The maximum absolute atomic E-state index is 12.8. The Morgan fingerprint density at radius 1 is 1.17 bits per heavy atom. The number of amides is 1. The standard InChI is InChI=1S/C19H23N3O2/c1-13-3-5-15(11-20-13)19(23)22-10-8-17-18(22)7-9-21(17)12-16-6-4-14(2)24-16/h3-6,11,17-18H,7-10,12H2,1-2H3/t17-,18+/m0/s1. The van der Waals surface area contributed by atoms with E-state index in [2.05, 4.69) is 16.0 Å². The number of aromatic nitrogens is 1. The summed E-state index contributed by atoms with van der Waals surface area (Å²) in [6, 6.07) is 8.61. The van der Waals surface area contributed by atoms with Crippen LogP contribution < -0.4 is 0 Å². The molecule has 0 spiro atoms. The predicted molar refractivity (Wildman–Crippen MR) is 90.7 cm³/mol. The summed E-state index contributed by atoms with van der Waals surface area (Å²) in [5.74, 6) is 2.09. The van der Waals surface area contributed by atoms with Crippen LogP contribution in [0.2, 0.25) is 0 Å². The van der Waals surface area contributed by atoms with Crippen molar-refractivity contribution in [3.8, 4) is 0 Å². The van der Waals surface area contributed by atoms with Crippen molar-refractivity contribution in [1.29, 1.82) is 0 Å². The van der Waals surface area contributed by atoms with Crippen molar-refractivity contribution in [2.24, 2.45) is 0 Å². The van der Waals surface area contributed by atoms with Gasteiger partial charge in [-0.05, 0) is 51.0 Å². The number of furan rings is 1. The summed E-state index contributed by atoms with van der Waals surface area (Å²) >= 11 is 0.